The van der Waals surface area contributed by atoms with E-state index in [1.807, 2.05) is 13.8 Å². The number of rotatable bonds is 6. The molecule has 0 aromatic heterocycles. The standard InChI is InChI=1S/C12H22O4S/c1-7-11(3,4)9(13)15-17-16-10(14)12(5,6)8-2/h7-8H2,1-6H3. The molecule has 0 atom stereocenters. The first kappa shape index (κ1) is 16.3. The number of carbonyl (C=O) groups excluding carboxylic acids is 2. The average molecular weight is 262 g/mol. The second-order valence-electron chi connectivity index (χ2n) is 5.28. The topological polar surface area (TPSA) is 52.6 Å². The second kappa shape index (κ2) is 6.28. The quantitative estimate of drug-likeness (QED) is 0.686. The summed E-state index contributed by atoms with van der Waals surface area (Å²) in [6.07, 6.45) is 1.33. The van der Waals surface area contributed by atoms with Crippen LogP contribution in [-0.4, -0.2) is 11.9 Å². The van der Waals surface area contributed by atoms with E-state index in [2.05, 4.69) is 0 Å². The van der Waals surface area contributed by atoms with Crippen LogP contribution >= 0.6 is 12.3 Å². The molecule has 0 saturated heterocycles. The highest BCUT2D eigenvalue weighted by Crippen LogP contribution is 2.27. The minimum atomic E-state index is -0.556. The summed E-state index contributed by atoms with van der Waals surface area (Å²) in [7, 11) is 0. The lowest BCUT2D eigenvalue weighted by atomic mass is 9.91. The molecule has 0 rings (SSSR count). The van der Waals surface area contributed by atoms with Gasteiger partial charge in [0.2, 0.25) is 0 Å². The Bertz CT molecular complexity index is 256. The van der Waals surface area contributed by atoms with E-state index in [9.17, 15) is 9.59 Å². The molecule has 0 heterocycles. The first-order chi connectivity index (χ1) is 7.67. The van der Waals surface area contributed by atoms with Crippen LogP contribution in [0.15, 0.2) is 0 Å². The van der Waals surface area contributed by atoms with Crippen LogP contribution in [0.4, 0.5) is 0 Å². The van der Waals surface area contributed by atoms with Crippen molar-refractivity contribution in [2.75, 3.05) is 0 Å². The van der Waals surface area contributed by atoms with Crippen molar-refractivity contribution in [3.63, 3.8) is 0 Å². The molecule has 0 saturated carbocycles. The van der Waals surface area contributed by atoms with Gasteiger partial charge < -0.3 is 8.37 Å². The summed E-state index contributed by atoms with van der Waals surface area (Å²) in [5.74, 6) is -0.765. The highest BCUT2D eigenvalue weighted by Gasteiger charge is 2.31. The Morgan fingerprint density at radius 2 is 1.18 bits per heavy atom. The lowest BCUT2D eigenvalue weighted by Crippen LogP contribution is -2.26. The van der Waals surface area contributed by atoms with Crippen LogP contribution in [0.25, 0.3) is 0 Å². The molecule has 5 heteroatoms. The molecule has 0 radical (unpaired) electrons. The van der Waals surface area contributed by atoms with E-state index in [1.165, 1.54) is 0 Å². The Hall–Kier alpha value is -0.710. The summed E-state index contributed by atoms with van der Waals surface area (Å²) < 4.78 is 9.69. The predicted molar refractivity (Wildman–Crippen MR) is 67.9 cm³/mol. The summed E-state index contributed by atoms with van der Waals surface area (Å²) in [6.45, 7) is 10.9. The predicted octanol–water partition coefficient (Wildman–Crippen LogP) is 3.51. The van der Waals surface area contributed by atoms with Crippen LogP contribution in [0.2, 0.25) is 0 Å². The van der Waals surface area contributed by atoms with E-state index >= 15 is 0 Å². The summed E-state index contributed by atoms with van der Waals surface area (Å²) in [6, 6.07) is 0. The average Bonchev–Trinajstić information content (AvgIpc) is 2.28. The van der Waals surface area contributed by atoms with Gasteiger partial charge in [-0.1, -0.05) is 13.8 Å². The van der Waals surface area contributed by atoms with E-state index in [1.54, 1.807) is 27.7 Å². The Labute approximate surface area is 108 Å². The third kappa shape index (κ3) is 4.98. The summed E-state index contributed by atoms with van der Waals surface area (Å²) in [4.78, 5) is 23.1. The third-order valence-corrected chi connectivity index (χ3v) is 3.53. The lowest BCUT2D eigenvalue weighted by Gasteiger charge is -2.20. The normalized spacial score (nSPS) is 12.1. The first-order valence-corrected chi connectivity index (χ1v) is 6.44. The van der Waals surface area contributed by atoms with Crippen LogP contribution < -0.4 is 0 Å². The van der Waals surface area contributed by atoms with E-state index < -0.39 is 10.8 Å². The Balaban J connectivity index is 4.10. The Morgan fingerprint density at radius 1 is 0.882 bits per heavy atom. The summed E-state index contributed by atoms with van der Waals surface area (Å²) >= 11 is 0.455. The van der Waals surface area contributed by atoms with Crippen molar-refractivity contribution >= 4 is 24.3 Å². The van der Waals surface area contributed by atoms with Crippen LogP contribution in [-0.2, 0) is 18.0 Å². The van der Waals surface area contributed by atoms with Crippen LogP contribution in [0, 0.1) is 10.8 Å². The molecule has 0 aliphatic heterocycles. The van der Waals surface area contributed by atoms with Gasteiger partial charge in [0.05, 0.1) is 10.8 Å². The fourth-order valence-electron chi connectivity index (χ4n) is 0.593. The fraction of sp³-hybridized carbons (Fsp3) is 0.833. The molecule has 0 spiro atoms. The van der Waals surface area contributed by atoms with E-state index in [0.717, 1.165) is 0 Å². The van der Waals surface area contributed by atoms with Gasteiger partial charge in [0.25, 0.3) is 12.3 Å². The molecule has 100 valence electrons. The van der Waals surface area contributed by atoms with Gasteiger partial charge in [-0.25, -0.2) is 0 Å². The van der Waals surface area contributed by atoms with E-state index in [0.29, 0.717) is 25.2 Å². The van der Waals surface area contributed by atoms with Crippen molar-refractivity contribution in [2.24, 2.45) is 10.8 Å². The van der Waals surface area contributed by atoms with E-state index in [4.69, 9.17) is 8.37 Å². The molecule has 0 bridgehead atoms. The van der Waals surface area contributed by atoms with Gasteiger partial charge in [-0.05, 0) is 40.5 Å². The Morgan fingerprint density at radius 3 is 1.41 bits per heavy atom. The summed E-state index contributed by atoms with van der Waals surface area (Å²) in [5, 5.41) is 0. The zero-order valence-electron chi connectivity index (χ0n) is 11.5. The zero-order valence-corrected chi connectivity index (χ0v) is 12.3. The maximum Gasteiger partial charge on any atom is 0.326 e. The molecule has 4 nitrogen and oxygen atoms in total. The molecular formula is C12H22O4S. The maximum atomic E-state index is 11.6. The fourth-order valence-corrected chi connectivity index (χ4v) is 1.20. The van der Waals surface area contributed by atoms with Crippen molar-refractivity contribution in [2.45, 2.75) is 54.4 Å². The smallest absolute Gasteiger partial charge is 0.326 e. The van der Waals surface area contributed by atoms with Gasteiger partial charge in [0.1, 0.15) is 0 Å². The highest BCUT2D eigenvalue weighted by atomic mass is 32.2. The SMILES string of the molecule is CCC(C)(C)C(=O)OSOC(=O)C(C)(C)CC. The van der Waals surface area contributed by atoms with Crippen molar-refractivity contribution in [3.05, 3.63) is 0 Å². The molecule has 0 aliphatic carbocycles. The zero-order chi connectivity index (χ0) is 13.7. The van der Waals surface area contributed by atoms with Crippen LogP contribution in [0.3, 0.4) is 0 Å². The molecule has 0 unspecified atom stereocenters. The van der Waals surface area contributed by atoms with Crippen molar-refractivity contribution < 1.29 is 18.0 Å². The van der Waals surface area contributed by atoms with Gasteiger partial charge in [-0.15, -0.1) is 0 Å². The maximum absolute atomic E-state index is 11.6. The van der Waals surface area contributed by atoms with Crippen LogP contribution in [0.1, 0.15) is 54.4 Å². The second-order valence-corrected chi connectivity index (χ2v) is 5.75. The molecule has 0 fully saturated rings. The lowest BCUT2D eigenvalue weighted by molar-refractivity contribution is -0.146. The minimum absolute atomic E-state index is 0.382. The number of hydrogen-bond acceptors (Lipinski definition) is 5. The molecular weight excluding hydrogens is 240 g/mol. The van der Waals surface area contributed by atoms with Crippen molar-refractivity contribution in [3.8, 4) is 0 Å². The number of carbonyl (C=O) groups is 2. The third-order valence-electron chi connectivity index (χ3n) is 3.09. The summed E-state index contributed by atoms with van der Waals surface area (Å²) in [5.41, 5.74) is -1.11. The largest absolute Gasteiger partial charge is 0.354 e. The van der Waals surface area contributed by atoms with Gasteiger partial charge in [-0.2, -0.15) is 0 Å². The van der Waals surface area contributed by atoms with Crippen molar-refractivity contribution in [1.82, 2.24) is 0 Å². The van der Waals surface area contributed by atoms with Crippen LogP contribution in [0.5, 0.6) is 0 Å². The van der Waals surface area contributed by atoms with Gasteiger partial charge in [0, 0.05) is 0 Å². The molecule has 0 aromatic rings. The molecule has 0 aliphatic rings. The van der Waals surface area contributed by atoms with Crippen molar-refractivity contribution in [1.29, 1.82) is 0 Å². The Kier molecular flexibility index (Phi) is 6.02. The first-order valence-electron chi connectivity index (χ1n) is 5.77. The molecule has 0 N–H and O–H groups in total. The van der Waals surface area contributed by atoms with E-state index in [-0.39, 0.29) is 11.9 Å². The minimum Gasteiger partial charge on any atom is -0.354 e. The van der Waals surface area contributed by atoms with Gasteiger partial charge >= 0.3 is 11.9 Å². The monoisotopic (exact) mass is 262 g/mol. The number of hydrogen-bond donors (Lipinski definition) is 0. The molecule has 0 aromatic carbocycles. The van der Waals surface area contributed by atoms with Gasteiger partial charge in [0.15, 0.2) is 0 Å². The molecule has 0 amide bonds. The van der Waals surface area contributed by atoms with Gasteiger partial charge in [-0.3, -0.25) is 9.59 Å². The highest BCUT2D eigenvalue weighted by molar-refractivity contribution is 7.90. The molecule has 17 heavy (non-hydrogen) atoms.